The minimum Gasteiger partial charge on any atom is -0.366 e. The maximum atomic E-state index is 13.1. The van der Waals surface area contributed by atoms with Crippen molar-refractivity contribution in [3.05, 3.63) is 35.6 Å². The molecule has 0 saturated heterocycles. The molecule has 2 nitrogen and oxygen atoms in total. The molecule has 1 aromatic rings. The molecule has 0 bridgehead atoms. The number of hydrogen-bond donors (Lipinski definition) is 0. The largest absolute Gasteiger partial charge is 0.366 e. The summed E-state index contributed by atoms with van der Waals surface area (Å²) in [5.74, 6) is -0.409. The second-order valence-corrected chi connectivity index (χ2v) is 2.53. The molecule has 0 amide bonds. The van der Waals surface area contributed by atoms with Crippen LogP contribution in [0.2, 0.25) is 0 Å². The zero-order valence-corrected chi connectivity index (χ0v) is 7.37. The molecule has 0 heterocycles. The predicted octanol–water partition coefficient (Wildman–Crippen LogP) is 2.10. The van der Waals surface area contributed by atoms with Crippen molar-refractivity contribution < 1.29 is 13.9 Å². The lowest BCUT2D eigenvalue weighted by Gasteiger charge is -2.10. The lowest BCUT2D eigenvalue weighted by Crippen LogP contribution is -2.07. The second-order valence-electron chi connectivity index (χ2n) is 2.53. The van der Waals surface area contributed by atoms with Gasteiger partial charge in [-0.25, -0.2) is 4.39 Å². The highest BCUT2D eigenvalue weighted by atomic mass is 19.1. The van der Waals surface area contributed by atoms with Gasteiger partial charge in [0.15, 0.2) is 6.29 Å². The van der Waals surface area contributed by atoms with Gasteiger partial charge in [-0.3, -0.25) is 0 Å². The molecule has 0 aliphatic carbocycles. The van der Waals surface area contributed by atoms with Crippen LogP contribution < -0.4 is 0 Å². The molecule has 3 heteroatoms. The van der Waals surface area contributed by atoms with E-state index in [0.29, 0.717) is 18.5 Å². The standard InChI is InChI=1S/C10H11FO2/c1-2-13-10(7-12)8-5-3-4-6-9(8)11/h3-7,10H,2H2,1H3/t10-/m0/s1. The number of rotatable bonds is 4. The summed E-state index contributed by atoms with van der Waals surface area (Å²) in [4.78, 5) is 10.6. The quantitative estimate of drug-likeness (QED) is 0.666. The highest BCUT2D eigenvalue weighted by Crippen LogP contribution is 2.17. The molecule has 1 atom stereocenters. The summed E-state index contributed by atoms with van der Waals surface area (Å²) in [6.45, 7) is 2.15. The number of benzene rings is 1. The first-order valence-corrected chi connectivity index (χ1v) is 4.11. The molecule has 0 radical (unpaired) electrons. The van der Waals surface area contributed by atoms with Gasteiger partial charge in [0, 0.05) is 12.2 Å². The van der Waals surface area contributed by atoms with E-state index in [4.69, 9.17) is 4.74 Å². The van der Waals surface area contributed by atoms with Crippen LogP contribution in [-0.2, 0) is 9.53 Å². The monoisotopic (exact) mass is 182 g/mol. The van der Waals surface area contributed by atoms with E-state index >= 15 is 0 Å². The van der Waals surface area contributed by atoms with E-state index in [9.17, 15) is 9.18 Å². The van der Waals surface area contributed by atoms with Gasteiger partial charge in [0.1, 0.15) is 11.9 Å². The van der Waals surface area contributed by atoms with Crippen molar-refractivity contribution in [2.75, 3.05) is 6.61 Å². The summed E-state index contributed by atoms with van der Waals surface area (Å²) in [5, 5.41) is 0. The zero-order chi connectivity index (χ0) is 9.68. The number of aldehydes is 1. The topological polar surface area (TPSA) is 26.3 Å². The van der Waals surface area contributed by atoms with Crippen LogP contribution in [0.15, 0.2) is 24.3 Å². The third kappa shape index (κ3) is 2.36. The molecule has 70 valence electrons. The lowest BCUT2D eigenvalue weighted by atomic mass is 10.1. The highest BCUT2D eigenvalue weighted by molar-refractivity contribution is 5.60. The minimum absolute atomic E-state index is 0.291. The molecule has 0 aliphatic heterocycles. The number of ether oxygens (including phenoxy) is 1. The van der Waals surface area contributed by atoms with Crippen molar-refractivity contribution in [3.63, 3.8) is 0 Å². The smallest absolute Gasteiger partial charge is 0.153 e. The van der Waals surface area contributed by atoms with Crippen molar-refractivity contribution in [2.24, 2.45) is 0 Å². The molecule has 0 N–H and O–H groups in total. The van der Waals surface area contributed by atoms with E-state index in [1.165, 1.54) is 6.07 Å². The highest BCUT2D eigenvalue weighted by Gasteiger charge is 2.13. The van der Waals surface area contributed by atoms with E-state index in [-0.39, 0.29) is 0 Å². The molecule has 0 unspecified atom stereocenters. The Morgan fingerprint density at radius 3 is 2.77 bits per heavy atom. The van der Waals surface area contributed by atoms with Gasteiger partial charge in [0.25, 0.3) is 0 Å². The summed E-state index contributed by atoms with van der Waals surface area (Å²) in [6, 6.07) is 6.11. The average molecular weight is 182 g/mol. The third-order valence-electron chi connectivity index (χ3n) is 1.68. The van der Waals surface area contributed by atoms with Gasteiger partial charge in [-0.15, -0.1) is 0 Å². The van der Waals surface area contributed by atoms with Crippen molar-refractivity contribution in [3.8, 4) is 0 Å². The van der Waals surface area contributed by atoms with E-state index in [1.807, 2.05) is 0 Å². The van der Waals surface area contributed by atoms with Crippen molar-refractivity contribution in [1.82, 2.24) is 0 Å². The van der Waals surface area contributed by atoms with Crippen molar-refractivity contribution in [1.29, 1.82) is 0 Å². The Morgan fingerprint density at radius 2 is 2.23 bits per heavy atom. The average Bonchev–Trinajstić information content (AvgIpc) is 2.16. The van der Waals surface area contributed by atoms with E-state index in [0.717, 1.165) is 0 Å². The first kappa shape index (κ1) is 9.86. The minimum atomic E-state index is -0.786. The van der Waals surface area contributed by atoms with Crippen LogP contribution in [0.5, 0.6) is 0 Å². The van der Waals surface area contributed by atoms with Crippen molar-refractivity contribution in [2.45, 2.75) is 13.0 Å². The van der Waals surface area contributed by atoms with E-state index < -0.39 is 11.9 Å². The predicted molar refractivity (Wildman–Crippen MR) is 46.8 cm³/mol. The number of hydrogen-bond acceptors (Lipinski definition) is 2. The molecule has 0 fully saturated rings. The Kier molecular flexibility index (Phi) is 3.58. The van der Waals surface area contributed by atoms with Gasteiger partial charge >= 0.3 is 0 Å². The molecular weight excluding hydrogens is 171 g/mol. The van der Waals surface area contributed by atoms with Gasteiger partial charge in [-0.1, -0.05) is 18.2 Å². The van der Waals surface area contributed by atoms with E-state index in [2.05, 4.69) is 0 Å². The number of carbonyl (C=O) groups excluding carboxylic acids is 1. The fraction of sp³-hybridized carbons (Fsp3) is 0.300. The van der Waals surface area contributed by atoms with Gasteiger partial charge in [-0.05, 0) is 13.0 Å². The first-order valence-electron chi connectivity index (χ1n) is 4.11. The molecule has 0 aromatic heterocycles. The van der Waals surface area contributed by atoms with Gasteiger partial charge in [0.2, 0.25) is 0 Å². The van der Waals surface area contributed by atoms with Gasteiger partial charge in [-0.2, -0.15) is 0 Å². The van der Waals surface area contributed by atoms with Crippen molar-refractivity contribution >= 4 is 6.29 Å². The van der Waals surface area contributed by atoms with E-state index in [1.54, 1.807) is 25.1 Å². The van der Waals surface area contributed by atoms with Crippen LogP contribution in [-0.4, -0.2) is 12.9 Å². The summed E-state index contributed by atoms with van der Waals surface area (Å²) in [5.41, 5.74) is 0.291. The molecule has 0 aliphatic rings. The van der Waals surface area contributed by atoms with Crippen LogP contribution in [0.4, 0.5) is 4.39 Å². The first-order chi connectivity index (χ1) is 6.29. The third-order valence-corrected chi connectivity index (χ3v) is 1.68. The van der Waals surface area contributed by atoms with Crippen LogP contribution in [0.25, 0.3) is 0 Å². The van der Waals surface area contributed by atoms with Crippen LogP contribution in [0.1, 0.15) is 18.6 Å². The van der Waals surface area contributed by atoms with Gasteiger partial charge < -0.3 is 9.53 Å². The molecule has 0 spiro atoms. The number of carbonyl (C=O) groups is 1. The summed E-state index contributed by atoms with van der Waals surface area (Å²) in [6.07, 6.45) is -0.187. The molecular formula is C10H11FO2. The maximum Gasteiger partial charge on any atom is 0.153 e. The Balaban J connectivity index is 2.90. The van der Waals surface area contributed by atoms with Gasteiger partial charge in [0.05, 0.1) is 0 Å². The second kappa shape index (κ2) is 4.72. The molecule has 13 heavy (non-hydrogen) atoms. The normalized spacial score (nSPS) is 12.5. The summed E-state index contributed by atoms with van der Waals surface area (Å²) >= 11 is 0. The molecule has 1 rings (SSSR count). The lowest BCUT2D eigenvalue weighted by molar-refractivity contribution is -0.118. The summed E-state index contributed by atoms with van der Waals surface area (Å²) < 4.78 is 18.2. The number of halogens is 1. The maximum absolute atomic E-state index is 13.1. The Bertz CT molecular complexity index is 286. The fourth-order valence-electron chi connectivity index (χ4n) is 1.09. The fourth-order valence-corrected chi connectivity index (χ4v) is 1.09. The SMILES string of the molecule is CCO[C@@H](C=O)c1ccccc1F. The summed E-state index contributed by atoms with van der Waals surface area (Å²) in [7, 11) is 0. The zero-order valence-electron chi connectivity index (χ0n) is 7.37. The van der Waals surface area contributed by atoms with Crippen LogP contribution in [0, 0.1) is 5.82 Å². The Hall–Kier alpha value is -1.22. The van der Waals surface area contributed by atoms with Crippen LogP contribution >= 0.6 is 0 Å². The Labute approximate surface area is 76.3 Å². The Morgan fingerprint density at radius 1 is 1.54 bits per heavy atom. The van der Waals surface area contributed by atoms with Crippen LogP contribution in [0.3, 0.4) is 0 Å². The molecule has 0 saturated carbocycles. The molecule has 1 aromatic carbocycles.